The van der Waals surface area contributed by atoms with E-state index in [9.17, 15) is 4.79 Å². The number of rotatable bonds is 1. The van der Waals surface area contributed by atoms with Gasteiger partial charge in [-0.05, 0) is 41.0 Å². The van der Waals surface area contributed by atoms with E-state index in [0.29, 0.717) is 0 Å². The fourth-order valence-corrected chi connectivity index (χ4v) is 2.96. The number of hydrogen-bond acceptors (Lipinski definition) is 2. The fraction of sp³-hybridized carbons (Fsp3) is 0.923. The van der Waals surface area contributed by atoms with Crippen LogP contribution in [0, 0.1) is 5.92 Å². The molecular formula is C13H26N2O. The Morgan fingerprint density at radius 2 is 1.81 bits per heavy atom. The molecule has 0 aromatic heterocycles. The zero-order valence-corrected chi connectivity index (χ0v) is 11.8. The first-order valence-electron chi connectivity index (χ1n) is 6.04. The SMILES string of the molecule is CN(C)C(=O)C1CN(C(C)(C)C)C(C)(C)C1. The zero-order valence-electron chi connectivity index (χ0n) is 11.8. The predicted molar refractivity (Wildman–Crippen MR) is 67.3 cm³/mol. The maximum Gasteiger partial charge on any atom is 0.226 e. The molecule has 3 heteroatoms. The molecule has 16 heavy (non-hydrogen) atoms. The number of carbonyl (C=O) groups is 1. The van der Waals surface area contributed by atoms with Crippen molar-refractivity contribution in [1.29, 1.82) is 0 Å². The van der Waals surface area contributed by atoms with E-state index in [1.165, 1.54) is 0 Å². The van der Waals surface area contributed by atoms with Crippen molar-refractivity contribution < 1.29 is 4.79 Å². The maximum absolute atomic E-state index is 12.0. The van der Waals surface area contributed by atoms with Crippen LogP contribution in [0.25, 0.3) is 0 Å². The molecule has 0 radical (unpaired) electrons. The lowest BCUT2D eigenvalue weighted by Crippen LogP contribution is -2.50. The first-order valence-corrected chi connectivity index (χ1v) is 6.04. The highest BCUT2D eigenvalue weighted by atomic mass is 16.2. The van der Waals surface area contributed by atoms with E-state index >= 15 is 0 Å². The summed E-state index contributed by atoms with van der Waals surface area (Å²) in [5.41, 5.74) is 0.249. The Balaban J connectivity index is 2.84. The Kier molecular flexibility index (Phi) is 3.39. The summed E-state index contributed by atoms with van der Waals surface area (Å²) >= 11 is 0. The van der Waals surface area contributed by atoms with Crippen molar-refractivity contribution in [2.75, 3.05) is 20.6 Å². The van der Waals surface area contributed by atoms with Crippen molar-refractivity contribution in [2.45, 2.75) is 52.1 Å². The summed E-state index contributed by atoms with van der Waals surface area (Å²) in [5.74, 6) is 0.420. The van der Waals surface area contributed by atoms with Crippen molar-refractivity contribution >= 4 is 5.91 Å². The summed E-state index contributed by atoms with van der Waals surface area (Å²) in [5, 5.41) is 0. The Bertz CT molecular complexity index is 276. The van der Waals surface area contributed by atoms with Gasteiger partial charge in [0, 0.05) is 31.7 Å². The highest BCUT2D eigenvalue weighted by molar-refractivity contribution is 5.79. The number of carbonyl (C=O) groups excluding carboxylic acids is 1. The molecule has 1 atom stereocenters. The molecule has 0 bridgehead atoms. The molecule has 0 spiro atoms. The monoisotopic (exact) mass is 226 g/mol. The molecule has 1 unspecified atom stereocenters. The fourth-order valence-electron chi connectivity index (χ4n) is 2.96. The van der Waals surface area contributed by atoms with Crippen LogP contribution in [0.3, 0.4) is 0 Å². The van der Waals surface area contributed by atoms with E-state index in [-0.39, 0.29) is 22.9 Å². The normalized spacial score (nSPS) is 25.8. The molecule has 0 saturated carbocycles. The summed E-state index contributed by atoms with van der Waals surface area (Å²) in [6.45, 7) is 12.0. The van der Waals surface area contributed by atoms with Crippen molar-refractivity contribution in [3.8, 4) is 0 Å². The van der Waals surface area contributed by atoms with Crippen LogP contribution < -0.4 is 0 Å². The molecule has 3 nitrogen and oxygen atoms in total. The van der Waals surface area contributed by atoms with Crippen LogP contribution in [-0.4, -0.2) is 47.4 Å². The van der Waals surface area contributed by atoms with Gasteiger partial charge in [0.25, 0.3) is 0 Å². The smallest absolute Gasteiger partial charge is 0.226 e. The summed E-state index contributed by atoms with van der Waals surface area (Å²) in [6, 6.07) is 0. The van der Waals surface area contributed by atoms with Gasteiger partial charge in [0.1, 0.15) is 0 Å². The van der Waals surface area contributed by atoms with E-state index in [2.05, 4.69) is 39.5 Å². The van der Waals surface area contributed by atoms with Crippen molar-refractivity contribution in [1.82, 2.24) is 9.80 Å². The van der Waals surface area contributed by atoms with Crippen LogP contribution >= 0.6 is 0 Å². The third kappa shape index (κ3) is 2.57. The molecule has 1 aliphatic heterocycles. The molecule has 1 aliphatic rings. The predicted octanol–water partition coefficient (Wildman–Crippen LogP) is 1.97. The standard InChI is InChI=1S/C13H26N2O/c1-12(2,3)15-9-10(8-13(15,4)5)11(16)14(6)7/h10H,8-9H2,1-7H3. The lowest BCUT2D eigenvalue weighted by molar-refractivity contribution is -0.132. The number of likely N-dealkylation sites (tertiary alicyclic amines) is 1. The first-order chi connectivity index (χ1) is 7.05. The summed E-state index contributed by atoms with van der Waals surface area (Å²) in [6.07, 6.45) is 0.960. The van der Waals surface area contributed by atoms with Gasteiger partial charge in [0.05, 0.1) is 5.92 Å². The van der Waals surface area contributed by atoms with E-state index < -0.39 is 0 Å². The third-order valence-corrected chi connectivity index (χ3v) is 3.48. The lowest BCUT2D eigenvalue weighted by Gasteiger charge is -2.42. The van der Waals surface area contributed by atoms with Gasteiger partial charge in [-0.15, -0.1) is 0 Å². The van der Waals surface area contributed by atoms with E-state index in [1.807, 2.05) is 14.1 Å². The molecule has 0 N–H and O–H groups in total. The Morgan fingerprint density at radius 1 is 1.31 bits per heavy atom. The molecule has 1 amide bonds. The van der Waals surface area contributed by atoms with Gasteiger partial charge in [0.2, 0.25) is 5.91 Å². The highest BCUT2D eigenvalue weighted by Gasteiger charge is 2.45. The first kappa shape index (κ1) is 13.5. The molecular weight excluding hydrogens is 200 g/mol. The van der Waals surface area contributed by atoms with Gasteiger partial charge in [-0.1, -0.05) is 0 Å². The van der Waals surface area contributed by atoms with Gasteiger partial charge in [-0.3, -0.25) is 9.69 Å². The zero-order chi connectivity index (χ0) is 12.7. The van der Waals surface area contributed by atoms with E-state index in [4.69, 9.17) is 0 Å². The van der Waals surface area contributed by atoms with Crippen LogP contribution in [0.2, 0.25) is 0 Å². The highest BCUT2D eigenvalue weighted by Crippen LogP contribution is 2.38. The quantitative estimate of drug-likeness (QED) is 0.682. The van der Waals surface area contributed by atoms with Crippen molar-refractivity contribution in [3.63, 3.8) is 0 Å². The average Bonchev–Trinajstić information content (AvgIpc) is 2.38. The largest absolute Gasteiger partial charge is 0.349 e. The second-order valence-corrected chi connectivity index (χ2v) is 6.73. The maximum atomic E-state index is 12.0. The van der Waals surface area contributed by atoms with Crippen LogP contribution in [0.15, 0.2) is 0 Å². The van der Waals surface area contributed by atoms with Gasteiger partial charge in [-0.25, -0.2) is 0 Å². The molecule has 0 aromatic rings. The second-order valence-electron chi connectivity index (χ2n) is 6.73. The van der Waals surface area contributed by atoms with Crippen molar-refractivity contribution in [2.24, 2.45) is 5.92 Å². The minimum atomic E-state index is 0.120. The molecule has 0 aromatic carbocycles. The topological polar surface area (TPSA) is 23.6 Å². The minimum absolute atomic E-state index is 0.120. The number of amides is 1. The molecule has 94 valence electrons. The number of nitrogens with zero attached hydrogens (tertiary/aromatic N) is 2. The van der Waals surface area contributed by atoms with Crippen LogP contribution in [0.5, 0.6) is 0 Å². The second kappa shape index (κ2) is 4.02. The van der Waals surface area contributed by atoms with Crippen LogP contribution in [0.1, 0.15) is 41.0 Å². The molecule has 0 aliphatic carbocycles. The lowest BCUT2D eigenvalue weighted by atomic mass is 9.93. The van der Waals surface area contributed by atoms with Gasteiger partial charge in [0.15, 0.2) is 0 Å². The van der Waals surface area contributed by atoms with E-state index in [1.54, 1.807) is 4.90 Å². The van der Waals surface area contributed by atoms with Crippen LogP contribution in [-0.2, 0) is 4.79 Å². The summed E-state index contributed by atoms with van der Waals surface area (Å²) in [7, 11) is 3.68. The Hall–Kier alpha value is -0.570. The molecule has 1 rings (SSSR count). The average molecular weight is 226 g/mol. The van der Waals surface area contributed by atoms with Gasteiger partial charge < -0.3 is 4.90 Å². The van der Waals surface area contributed by atoms with E-state index in [0.717, 1.165) is 13.0 Å². The molecule has 1 heterocycles. The van der Waals surface area contributed by atoms with Gasteiger partial charge >= 0.3 is 0 Å². The van der Waals surface area contributed by atoms with Gasteiger partial charge in [-0.2, -0.15) is 0 Å². The summed E-state index contributed by atoms with van der Waals surface area (Å²) < 4.78 is 0. The molecule has 1 fully saturated rings. The van der Waals surface area contributed by atoms with Crippen LogP contribution in [0.4, 0.5) is 0 Å². The Labute approximate surface area is 99.8 Å². The third-order valence-electron chi connectivity index (χ3n) is 3.48. The number of hydrogen-bond donors (Lipinski definition) is 0. The van der Waals surface area contributed by atoms with Crippen molar-refractivity contribution in [3.05, 3.63) is 0 Å². The molecule has 1 saturated heterocycles. The summed E-state index contributed by atoms with van der Waals surface area (Å²) in [4.78, 5) is 16.2. The Morgan fingerprint density at radius 3 is 2.12 bits per heavy atom. The minimum Gasteiger partial charge on any atom is -0.349 e.